The third-order valence-corrected chi connectivity index (χ3v) is 4.54. The van der Waals surface area contributed by atoms with Crippen LogP contribution in [0.2, 0.25) is 0 Å². The molecule has 1 aliphatic heterocycles. The van der Waals surface area contributed by atoms with Crippen molar-refractivity contribution in [1.29, 1.82) is 0 Å². The first-order chi connectivity index (χ1) is 13.4. The highest BCUT2D eigenvalue weighted by atomic mass is 35.5. The number of nitrogens with zero attached hydrogens (tertiary/aromatic N) is 4. The smallest absolute Gasteiger partial charge is 0.348 e. The molecule has 28 heavy (non-hydrogen) atoms. The summed E-state index contributed by atoms with van der Waals surface area (Å²) < 4.78 is 8.15. The molecule has 11 heteroatoms. The molecule has 0 N–H and O–H groups in total. The van der Waals surface area contributed by atoms with Gasteiger partial charge in [0.25, 0.3) is 5.69 Å². The number of esters is 1. The molecule has 0 radical (unpaired) electrons. The molecule has 0 unspecified atom stereocenters. The van der Waals surface area contributed by atoms with Crippen LogP contribution in [0.3, 0.4) is 0 Å². The van der Waals surface area contributed by atoms with Gasteiger partial charge in [0.15, 0.2) is 6.04 Å². The summed E-state index contributed by atoms with van der Waals surface area (Å²) in [5.41, 5.74) is -0.868. The number of allylic oxidation sites excluding steroid dienone is 1. The Kier molecular flexibility index (Phi) is 5.50. The maximum Gasteiger partial charge on any atom is 0.348 e. The first-order valence-corrected chi connectivity index (χ1v) is 9.03. The number of alkyl halides is 1. The van der Waals surface area contributed by atoms with Gasteiger partial charge in [0, 0.05) is 24.6 Å². The van der Waals surface area contributed by atoms with E-state index in [0.717, 1.165) is 13.9 Å². The van der Waals surface area contributed by atoms with Gasteiger partial charge in [0.05, 0.1) is 17.6 Å². The number of carbonyl (C=O) groups is 1. The molecule has 2 heterocycles. The average molecular weight is 409 g/mol. The molecular formula is C17H17ClN4O6. The van der Waals surface area contributed by atoms with Gasteiger partial charge in [-0.25, -0.2) is 28.3 Å². The predicted molar refractivity (Wildman–Crippen MR) is 99.7 cm³/mol. The van der Waals surface area contributed by atoms with Gasteiger partial charge in [-0.2, -0.15) is 0 Å². The van der Waals surface area contributed by atoms with Crippen molar-refractivity contribution in [3.8, 4) is 0 Å². The summed E-state index contributed by atoms with van der Waals surface area (Å²) in [6.45, 7) is 1.74. The van der Waals surface area contributed by atoms with Gasteiger partial charge in [-0.1, -0.05) is 12.2 Å². The molecule has 0 spiro atoms. The first kappa shape index (κ1) is 19.6. The molecule has 1 aliphatic rings. The Hall–Kier alpha value is -3.14. The van der Waals surface area contributed by atoms with E-state index in [1.807, 2.05) is 0 Å². The number of nitro benzene ring substituents is 1. The van der Waals surface area contributed by atoms with Crippen molar-refractivity contribution >= 4 is 23.3 Å². The van der Waals surface area contributed by atoms with Crippen molar-refractivity contribution < 1.29 is 14.5 Å². The van der Waals surface area contributed by atoms with E-state index in [-0.39, 0.29) is 24.7 Å². The Morgan fingerprint density at radius 2 is 1.82 bits per heavy atom. The molecule has 0 bridgehead atoms. The van der Waals surface area contributed by atoms with Crippen molar-refractivity contribution in [2.24, 2.45) is 0 Å². The third kappa shape index (κ3) is 3.26. The van der Waals surface area contributed by atoms with Crippen LogP contribution < -0.4 is 11.4 Å². The second-order valence-electron chi connectivity index (χ2n) is 5.97. The SMILES string of the molecule is CCOC(=O)[C@H]1C=C[C@@H](c2ccc([N+](=O)[O-])cc2)n2c(=O)n(CCCl)c(=O)n21. The highest BCUT2D eigenvalue weighted by Crippen LogP contribution is 2.27. The molecule has 10 nitrogen and oxygen atoms in total. The summed E-state index contributed by atoms with van der Waals surface area (Å²) in [4.78, 5) is 48.3. The largest absolute Gasteiger partial charge is 0.464 e. The predicted octanol–water partition coefficient (Wildman–Crippen LogP) is 1.22. The van der Waals surface area contributed by atoms with E-state index in [2.05, 4.69) is 0 Å². The fourth-order valence-corrected chi connectivity index (χ4v) is 3.29. The Morgan fingerprint density at radius 1 is 1.18 bits per heavy atom. The van der Waals surface area contributed by atoms with Crippen LogP contribution in [-0.4, -0.2) is 37.3 Å². The van der Waals surface area contributed by atoms with E-state index in [1.54, 1.807) is 13.0 Å². The lowest BCUT2D eigenvalue weighted by atomic mass is 10.0. The van der Waals surface area contributed by atoms with Gasteiger partial charge in [-0.05, 0) is 24.6 Å². The van der Waals surface area contributed by atoms with Crippen LogP contribution in [-0.2, 0) is 16.1 Å². The average Bonchev–Trinajstić information content (AvgIpc) is 2.93. The van der Waals surface area contributed by atoms with E-state index < -0.39 is 34.4 Å². The highest BCUT2D eigenvalue weighted by molar-refractivity contribution is 6.17. The number of benzene rings is 1. The van der Waals surface area contributed by atoms with Crippen LogP contribution in [0.4, 0.5) is 5.69 Å². The molecule has 1 aromatic carbocycles. The number of rotatable bonds is 6. The summed E-state index contributed by atoms with van der Waals surface area (Å²) in [6.07, 6.45) is 3.07. The Labute approximate surface area is 163 Å². The zero-order chi connectivity index (χ0) is 20.4. The molecule has 0 aliphatic carbocycles. The number of ether oxygens (including phenoxy) is 1. The lowest BCUT2D eigenvalue weighted by Crippen LogP contribution is -2.39. The van der Waals surface area contributed by atoms with Crippen LogP contribution in [0.1, 0.15) is 24.6 Å². The van der Waals surface area contributed by atoms with Crippen molar-refractivity contribution in [3.05, 3.63) is 73.1 Å². The Bertz CT molecular complexity index is 1050. The van der Waals surface area contributed by atoms with Crippen LogP contribution >= 0.6 is 11.6 Å². The summed E-state index contributed by atoms with van der Waals surface area (Å²) in [5.74, 6) is -0.626. The number of fused-ring (bicyclic) bond motifs is 1. The zero-order valence-electron chi connectivity index (χ0n) is 14.9. The zero-order valence-corrected chi connectivity index (χ0v) is 15.6. The molecule has 0 saturated carbocycles. The van der Waals surface area contributed by atoms with Gasteiger partial charge >= 0.3 is 17.3 Å². The number of halogens is 1. The standard InChI is InChI=1S/C17H17ClN4O6/c1-2-28-15(23)14-8-7-13(11-3-5-12(6-4-11)22(26)27)20-16(24)19(10-9-18)17(25)21(14)20/h3-8,13-14H,2,9-10H2,1H3/t13-,14+/m0/s1. The second-order valence-corrected chi connectivity index (χ2v) is 6.35. The number of hydrogen-bond donors (Lipinski definition) is 0. The van der Waals surface area contributed by atoms with Crippen molar-refractivity contribution in [1.82, 2.24) is 13.9 Å². The lowest BCUT2D eigenvalue weighted by molar-refractivity contribution is -0.384. The molecule has 2 aromatic rings. The van der Waals surface area contributed by atoms with E-state index in [1.165, 1.54) is 30.3 Å². The third-order valence-electron chi connectivity index (χ3n) is 4.37. The van der Waals surface area contributed by atoms with Crippen molar-refractivity contribution in [2.45, 2.75) is 25.6 Å². The molecule has 0 amide bonds. The second kappa shape index (κ2) is 7.85. The van der Waals surface area contributed by atoms with Gasteiger partial charge in [0.2, 0.25) is 0 Å². The normalized spacial score (nSPS) is 17.9. The quantitative estimate of drug-likeness (QED) is 0.233. The molecule has 0 saturated heterocycles. The van der Waals surface area contributed by atoms with E-state index in [9.17, 15) is 24.5 Å². The van der Waals surface area contributed by atoms with Gasteiger partial charge in [-0.3, -0.25) is 10.1 Å². The number of non-ortho nitro benzene ring substituents is 1. The van der Waals surface area contributed by atoms with Crippen LogP contribution in [0.15, 0.2) is 46.0 Å². The monoisotopic (exact) mass is 408 g/mol. The number of nitro groups is 1. The minimum absolute atomic E-state index is 0.0191. The molecule has 2 atom stereocenters. The van der Waals surface area contributed by atoms with Crippen molar-refractivity contribution in [3.63, 3.8) is 0 Å². The lowest BCUT2D eigenvalue weighted by Gasteiger charge is -2.26. The maximum atomic E-state index is 12.9. The number of aromatic nitrogens is 3. The Balaban J connectivity index is 2.16. The van der Waals surface area contributed by atoms with Gasteiger partial charge in [0.1, 0.15) is 0 Å². The maximum absolute atomic E-state index is 12.9. The molecule has 0 fully saturated rings. The molecule has 3 rings (SSSR count). The Morgan fingerprint density at radius 3 is 2.39 bits per heavy atom. The molecule has 148 valence electrons. The first-order valence-electron chi connectivity index (χ1n) is 8.49. The van der Waals surface area contributed by atoms with Crippen LogP contribution in [0, 0.1) is 10.1 Å². The van der Waals surface area contributed by atoms with Crippen LogP contribution in [0.25, 0.3) is 0 Å². The minimum Gasteiger partial charge on any atom is -0.464 e. The minimum atomic E-state index is -1.09. The number of carbonyl (C=O) groups excluding carboxylic acids is 1. The fourth-order valence-electron chi connectivity index (χ4n) is 3.12. The number of hydrogen-bond acceptors (Lipinski definition) is 6. The highest BCUT2D eigenvalue weighted by Gasteiger charge is 2.33. The summed E-state index contributed by atoms with van der Waals surface area (Å²) >= 11 is 5.70. The van der Waals surface area contributed by atoms with Gasteiger partial charge < -0.3 is 4.74 Å². The van der Waals surface area contributed by atoms with E-state index in [0.29, 0.717) is 5.56 Å². The summed E-state index contributed by atoms with van der Waals surface area (Å²) in [6, 6.07) is 3.80. The van der Waals surface area contributed by atoms with E-state index in [4.69, 9.17) is 16.3 Å². The summed E-state index contributed by atoms with van der Waals surface area (Å²) in [7, 11) is 0. The molecular weight excluding hydrogens is 392 g/mol. The molecule has 1 aromatic heterocycles. The topological polar surface area (TPSA) is 118 Å². The van der Waals surface area contributed by atoms with Gasteiger partial charge in [-0.15, -0.1) is 11.6 Å². The van der Waals surface area contributed by atoms with E-state index >= 15 is 0 Å². The van der Waals surface area contributed by atoms with Crippen molar-refractivity contribution in [2.75, 3.05) is 12.5 Å². The van der Waals surface area contributed by atoms with Crippen LogP contribution in [0.5, 0.6) is 0 Å². The summed E-state index contributed by atoms with van der Waals surface area (Å²) in [5, 5.41) is 10.9. The fraction of sp³-hybridized carbons (Fsp3) is 0.353.